The Kier molecular flexibility index (Phi) is 7.76. The average Bonchev–Trinajstić information content (AvgIpc) is 3.34. The number of hydrogen-bond acceptors (Lipinski definition) is 7. The maximum Gasteiger partial charge on any atom is 0.246 e. The number of nitrogens with zero attached hydrogens (tertiary/aromatic N) is 6. The summed E-state index contributed by atoms with van der Waals surface area (Å²) in [6, 6.07) is 7.78. The van der Waals surface area contributed by atoms with Gasteiger partial charge in [0, 0.05) is 43.8 Å². The van der Waals surface area contributed by atoms with Crippen molar-refractivity contribution in [2.75, 3.05) is 56.2 Å². The molecule has 0 bridgehead atoms. The number of rotatable bonds is 6. The van der Waals surface area contributed by atoms with Crippen molar-refractivity contribution in [1.29, 1.82) is 5.26 Å². The fourth-order valence-electron chi connectivity index (χ4n) is 6.27. The van der Waals surface area contributed by atoms with Gasteiger partial charge in [0.25, 0.3) is 0 Å². The van der Waals surface area contributed by atoms with Crippen LogP contribution in [0.2, 0.25) is 0 Å². The molecular formula is C30H37FN6O2. The Bertz CT molecular complexity index is 1290. The number of likely N-dealkylation sites (tertiary alicyclic amines) is 1. The van der Waals surface area contributed by atoms with Gasteiger partial charge < -0.3 is 24.3 Å². The summed E-state index contributed by atoms with van der Waals surface area (Å²) in [6.07, 6.45) is 4.16. The van der Waals surface area contributed by atoms with Gasteiger partial charge in [0.15, 0.2) is 0 Å². The molecule has 1 aromatic heterocycles. The van der Waals surface area contributed by atoms with E-state index in [1.807, 2.05) is 29.7 Å². The van der Waals surface area contributed by atoms with E-state index in [0.717, 1.165) is 41.9 Å². The Morgan fingerprint density at radius 3 is 2.74 bits per heavy atom. The van der Waals surface area contributed by atoms with E-state index in [4.69, 9.17) is 9.72 Å². The van der Waals surface area contributed by atoms with Gasteiger partial charge in [-0.3, -0.25) is 4.79 Å². The van der Waals surface area contributed by atoms with E-state index in [1.165, 1.54) is 12.1 Å². The van der Waals surface area contributed by atoms with E-state index in [1.54, 1.807) is 6.07 Å². The number of aryl methyl sites for hydroxylation is 1. The number of carbonyl (C=O) groups excluding carboxylic acids is 1. The first kappa shape index (κ1) is 26.9. The summed E-state index contributed by atoms with van der Waals surface area (Å²) in [5.74, 6) is 0.0146. The third-order valence-electron chi connectivity index (χ3n) is 8.40. The number of fused-ring (bicyclic) bond motifs is 1. The van der Waals surface area contributed by atoms with Gasteiger partial charge in [-0.15, -0.1) is 0 Å². The number of halogens is 1. The zero-order chi connectivity index (χ0) is 27.7. The normalized spacial score (nSPS) is 21.5. The van der Waals surface area contributed by atoms with Gasteiger partial charge in [-0.25, -0.2) is 9.37 Å². The standard InChI is InChI=1S/C30H37FN6O2/c1-5-27(38)37-15-14-36(17-21(37)3)29-23-11-13-35(28-20(2)8-6-10-25(28)31)18-26(23)33-30(24(29)16-32)39-19-22-9-7-12-34(22)4/h5-6,8,10,21-22H,1,7,9,11-15,17-19H2,2-4H3/t21-,22-/m0/s1. The summed E-state index contributed by atoms with van der Waals surface area (Å²) in [4.78, 5) is 25.6. The summed E-state index contributed by atoms with van der Waals surface area (Å²) < 4.78 is 21.2. The molecule has 1 amide bonds. The highest BCUT2D eigenvalue weighted by Crippen LogP contribution is 2.39. The van der Waals surface area contributed by atoms with Crippen LogP contribution in [-0.4, -0.2) is 79.2 Å². The highest BCUT2D eigenvalue weighted by atomic mass is 19.1. The van der Waals surface area contributed by atoms with Gasteiger partial charge in [0.05, 0.1) is 23.6 Å². The first-order valence-corrected chi connectivity index (χ1v) is 13.8. The molecule has 0 aliphatic carbocycles. The predicted molar refractivity (Wildman–Crippen MR) is 150 cm³/mol. The molecule has 39 heavy (non-hydrogen) atoms. The molecule has 206 valence electrons. The van der Waals surface area contributed by atoms with Crippen LogP contribution < -0.4 is 14.5 Å². The maximum atomic E-state index is 14.9. The molecule has 0 saturated carbocycles. The molecule has 2 saturated heterocycles. The molecule has 2 fully saturated rings. The SMILES string of the molecule is C=CC(=O)N1CCN(c2c(C#N)c(OC[C@@H]3CCCN3C)nc3c2CCN(c2c(C)cccc2F)C3)C[C@@H]1C. The topological polar surface area (TPSA) is 75.9 Å². The number of likely N-dealkylation sites (N-methyl/N-ethyl adjacent to an activating group) is 1. The number of piperazine rings is 1. The molecule has 5 rings (SSSR count). The first-order valence-electron chi connectivity index (χ1n) is 13.8. The van der Waals surface area contributed by atoms with Crippen molar-refractivity contribution in [3.05, 3.63) is 59.1 Å². The molecule has 1 aromatic carbocycles. The highest BCUT2D eigenvalue weighted by Gasteiger charge is 2.34. The van der Waals surface area contributed by atoms with Crippen molar-refractivity contribution in [3.8, 4) is 11.9 Å². The Morgan fingerprint density at radius 2 is 2.08 bits per heavy atom. The number of hydrogen-bond donors (Lipinski definition) is 0. The van der Waals surface area contributed by atoms with E-state index >= 15 is 0 Å². The number of pyridine rings is 1. The molecule has 9 heteroatoms. The third-order valence-corrected chi connectivity index (χ3v) is 8.40. The molecule has 0 N–H and O–H groups in total. The minimum absolute atomic E-state index is 0.0442. The van der Waals surface area contributed by atoms with E-state index < -0.39 is 0 Å². The molecule has 3 aliphatic rings. The second kappa shape index (κ2) is 11.2. The molecule has 4 heterocycles. The van der Waals surface area contributed by atoms with Crippen LogP contribution in [-0.2, 0) is 17.8 Å². The molecule has 8 nitrogen and oxygen atoms in total. The fourth-order valence-corrected chi connectivity index (χ4v) is 6.27. The van der Waals surface area contributed by atoms with Crippen LogP contribution in [0.15, 0.2) is 30.9 Å². The summed E-state index contributed by atoms with van der Waals surface area (Å²) in [7, 11) is 2.10. The second-order valence-corrected chi connectivity index (χ2v) is 10.9. The van der Waals surface area contributed by atoms with Gasteiger partial charge in [0.1, 0.15) is 24.1 Å². The lowest BCUT2D eigenvalue weighted by atomic mass is 9.96. The van der Waals surface area contributed by atoms with Crippen LogP contribution in [0.4, 0.5) is 15.8 Å². The van der Waals surface area contributed by atoms with Crippen LogP contribution in [0, 0.1) is 24.1 Å². The zero-order valence-electron chi connectivity index (χ0n) is 23.1. The Labute approximate surface area is 230 Å². The summed E-state index contributed by atoms with van der Waals surface area (Å²) in [5.41, 5.74) is 4.59. The van der Waals surface area contributed by atoms with E-state index in [9.17, 15) is 14.4 Å². The molecule has 2 aromatic rings. The minimum atomic E-state index is -0.245. The van der Waals surface area contributed by atoms with Crippen LogP contribution in [0.25, 0.3) is 0 Å². The van der Waals surface area contributed by atoms with Crippen LogP contribution in [0.3, 0.4) is 0 Å². The smallest absolute Gasteiger partial charge is 0.246 e. The number of para-hydroxylation sites is 1. The van der Waals surface area contributed by atoms with Crippen molar-refractivity contribution in [2.45, 2.75) is 51.7 Å². The Balaban J connectivity index is 1.53. The lowest BCUT2D eigenvalue weighted by molar-refractivity contribution is -0.128. The summed E-state index contributed by atoms with van der Waals surface area (Å²) in [5, 5.41) is 10.4. The molecular weight excluding hydrogens is 495 g/mol. The quantitative estimate of drug-likeness (QED) is 0.526. The maximum absolute atomic E-state index is 14.9. The number of amides is 1. The van der Waals surface area contributed by atoms with E-state index in [0.29, 0.717) is 62.9 Å². The number of anilines is 2. The third kappa shape index (κ3) is 5.18. The van der Waals surface area contributed by atoms with Crippen molar-refractivity contribution >= 4 is 17.3 Å². The number of nitriles is 1. The molecule has 0 radical (unpaired) electrons. The monoisotopic (exact) mass is 532 g/mol. The van der Waals surface area contributed by atoms with Crippen molar-refractivity contribution in [3.63, 3.8) is 0 Å². The highest BCUT2D eigenvalue weighted by molar-refractivity contribution is 5.87. The number of ether oxygens (including phenoxy) is 1. The van der Waals surface area contributed by atoms with Crippen LogP contribution in [0.1, 0.15) is 42.1 Å². The van der Waals surface area contributed by atoms with Gasteiger partial charge in [-0.1, -0.05) is 18.7 Å². The van der Waals surface area contributed by atoms with Crippen molar-refractivity contribution in [1.82, 2.24) is 14.8 Å². The molecule has 0 unspecified atom stereocenters. The van der Waals surface area contributed by atoms with Gasteiger partial charge in [0.2, 0.25) is 11.8 Å². The largest absolute Gasteiger partial charge is 0.475 e. The summed E-state index contributed by atoms with van der Waals surface area (Å²) >= 11 is 0. The predicted octanol–water partition coefficient (Wildman–Crippen LogP) is 3.66. The lowest BCUT2D eigenvalue weighted by Gasteiger charge is -2.42. The minimum Gasteiger partial charge on any atom is -0.475 e. The van der Waals surface area contributed by atoms with Gasteiger partial charge >= 0.3 is 0 Å². The lowest BCUT2D eigenvalue weighted by Crippen LogP contribution is -2.54. The van der Waals surface area contributed by atoms with Crippen LogP contribution >= 0.6 is 0 Å². The number of carbonyl (C=O) groups is 1. The van der Waals surface area contributed by atoms with E-state index in [2.05, 4.69) is 29.5 Å². The number of benzene rings is 1. The zero-order valence-corrected chi connectivity index (χ0v) is 23.1. The van der Waals surface area contributed by atoms with Gasteiger partial charge in [-0.05, 0) is 64.4 Å². The van der Waals surface area contributed by atoms with Gasteiger partial charge in [-0.2, -0.15) is 5.26 Å². The first-order chi connectivity index (χ1) is 18.8. The Hall–Kier alpha value is -3.64. The number of aromatic nitrogens is 1. The van der Waals surface area contributed by atoms with E-state index in [-0.39, 0.29) is 23.8 Å². The second-order valence-electron chi connectivity index (χ2n) is 10.9. The average molecular weight is 533 g/mol. The van der Waals surface area contributed by atoms with Crippen molar-refractivity contribution < 1.29 is 13.9 Å². The Morgan fingerprint density at radius 1 is 1.26 bits per heavy atom. The fraction of sp³-hybridized carbons (Fsp3) is 0.500. The van der Waals surface area contributed by atoms with Crippen molar-refractivity contribution in [2.24, 2.45) is 0 Å². The molecule has 2 atom stereocenters. The van der Waals surface area contributed by atoms with Crippen LogP contribution in [0.5, 0.6) is 5.88 Å². The molecule has 3 aliphatic heterocycles. The molecule has 0 spiro atoms. The summed E-state index contributed by atoms with van der Waals surface area (Å²) in [6.45, 7) is 11.8.